The second-order valence-corrected chi connectivity index (χ2v) is 5.94. The van der Waals surface area contributed by atoms with Gasteiger partial charge in [-0.25, -0.2) is 4.98 Å². The van der Waals surface area contributed by atoms with Crippen LogP contribution in [0.1, 0.15) is 5.56 Å². The second kappa shape index (κ2) is 6.31. The lowest BCUT2D eigenvalue weighted by Crippen LogP contribution is -2.08. The average molecular weight is 369 g/mol. The molecule has 4 rings (SSSR count). The van der Waals surface area contributed by atoms with Gasteiger partial charge in [0.25, 0.3) is 0 Å². The number of aromatic nitrogens is 3. The van der Waals surface area contributed by atoms with Crippen molar-refractivity contribution in [2.75, 3.05) is 11.1 Å². The number of fused-ring (bicyclic) bond motifs is 1. The molecular formula is C19H14F3N5. The molecule has 0 fully saturated rings. The Hall–Kier alpha value is -3.55. The van der Waals surface area contributed by atoms with Gasteiger partial charge in [-0.05, 0) is 42.5 Å². The van der Waals surface area contributed by atoms with Crippen molar-refractivity contribution in [1.29, 1.82) is 0 Å². The van der Waals surface area contributed by atoms with Gasteiger partial charge in [-0.1, -0.05) is 12.1 Å². The largest absolute Gasteiger partial charge is 0.416 e. The predicted octanol–water partition coefficient (Wildman–Crippen LogP) is 4.77. The summed E-state index contributed by atoms with van der Waals surface area (Å²) in [5.41, 5.74) is 5.61. The Kier molecular flexibility index (Phi) is 3.95. The van der Waals surface area contributed by atoms with Crippen LogP contribution in [0, 0.1) is 0 Å². The highest BCUT2D eigenvalue weighted by Crippen LogP contribution is 2.33. The maximum Gasteiger partial charge on any atom is 0.416 e. The van der Waals surface area contributed by atoms with Crippen molar-refractivity contribution < 1.29 is 13.2 Å². The zero-order valence-corrected chi connectivity index (χ0v) is 13.9. The Morgan fingerprint density at radius 2 is 1.67 bits per heavy atom. The summed E-state index contributed by atoms with van der Waals surface area (Å²) >= 11 is 0. The molecule has 0 amide bonds. The lowest BCUT2D eigenvalue weighted by Gasteiger charge is -2.13. The molecule has 2 aromatic carbocycles. The summed E-state index contributed by atoms with van der Waals surface area (Å²) in [5, 5.41) is 3.66. The molecule has 0 unspecified atom stereocenters. The molecule has 3 N–H and O–H groups in total. The highest BCUT2D eigenvalue weighted by atomic mass is 19.4. The summed E-state index contributed by atoms with van der Waals surface area (Å²) in [7, 11) is 0. The third-order valence-electron chi connectivity index (χ3n) is 3.97. The van der Waals surface area contributed by atoms with E-state index in [0.717, 1.165) is 17.5 Å². The van der Waals surface area contributed by atoms with Crippen molar-refractivity contribution in [1.82, 2.24) is 14.5 Å². The van der Waals surface area contributed by atoms with Crippen molar-refractivity contribution >= 4 is 28.2 Å². The third-order valence-corrected chi connectivity index (χ3v) is 3.97. The van der Waals surface area contributed by atoms with Crippen LogP contribution in [0.3, 0.4) is 0 Å². The zero-order valence-electron chi connectivity index (χ0n) is 13.9. The van der Waals surface area contributed by atoms with Crippen LogP contribution >= 0.6 is 0 Å². The molecule has 0 atom stereocenters. The van der Waals surface area contributed by atoms with E-state index in [1.165, 1.54) is 6.07 Å². The topological polar surface area (TPSA) is 68.8 Å². The number of alkyl halides is 3. The van der Waals surface area contributed by atoms with Crippen molar-refractivity contribution in [3.63, 3.8) is 0 Å². The molecule has 0 saturated carbocycles. The number of nitrogens with two attached hydrogens (primary N) is 1. The number of nitrogen functional groups attached to an aromatic ring is 1. The summed E-state index contributed by atoms with van der Waals surface area (Å²) in [4.78, 5) is 8.88. The molecule has 2 aromatic heterocycles. The molecule has 27 heavy (non-hydrogen) atoms. The van der Waals surface area contributed by atoms with Gasteiger partial charge in [0.1, 0.15) is 5.82 Å². The lowest BCUT2D eigenvalue weighted by molar-refractivity contribution is -0.137. The lowest BCUT2D eigenvalue weighted by atomic mass is 10.1. The molecule has 0 radical (unpaired) electrons. The Balaban J connectivity index is 1.81. The van der Waals surface area contributed by atoms with E-state index in [1.54, 1.807) is 0 Å². The summed E-state index contributed by atoms with van der Waals surface area (Å²) in [6, 6.07) is 14.4. The zero-order chi connectivity index (χ0) is 19.0. The number of hydrogen-bond acceptors (Lipinski definition) is 4. The van der Waals surface area contributed by atoms with E-state index in [1.807, 2.05) is 53.4 Å². The summed E-state index contributed by atoms with van der Waals surface area (Å²) in [6.45, 7) is 0. The maximum absolute atomic E-state index is 13.0. The molecule has 0 aliphatic carbocycles. The number of nitrogens with one attached hydrogen (secondary N) is 1. The van der Waals surface area contributed by atoms with Gasteiger partial charge in [0.15, 0.2) is 0 Å². The summed E-state index contributed by atoms with van der Waals surface area (Å²) < 4.78 is 40.9. The van der Waals surface area contributed by atoms with Crippen LogP contribution in [0.5, 0.6) is 0 Å². The minimum absolute atomic E-state index is 0.00116. The molecule has 136 valence electrons. The Morgan fingerprint density at radius 3 is 2.41 bits per heavy atom. The first-order valence-corrected chi connectivity index (χ1v) is 8.05. The van der Waals surface area contributed by atoms with Gasteiger partial charge in [0.2, 0.25) is 5.95 Å². The number of nitrogens with zero attached hydrogens (tertiary/aromatic N) is 3. The van der Waals surface area contributed by atoms with E-state index in [2.05, 4.69) is 15.3 Å². The van der Waals surface area contributed by atoms with Gasteiger partial charge in [0.05, 0.1) is 11.1 Å². The van der Waals surface area contributed by atoms with Gasteiger partial charge >= 0.3 is 6.18 Å². The first-order chi connectivity index (χ1) is 12.9. The summed E-state index contributed by atoms with van der Waals surface area (Å²) in [5.74, 6) is 0.796. The maximum atomic E-state index is 13.0. The van der Waals surface area contributed by atoms with Gasteiger partial charge in [-0.3, -0.25) is 0 Å². The molecule has 0 aliphatic rings. The summed E-state index contributed by atoms with van der Waals surface area (Å²) in [6.07, 6.45) is -0.825. The number of rotatable bonds is 3. The number of benzene rings is 2. The quantitative estimate of drug-likeness (QED) is 0.511. The van der Waals surface area contributed by atoms with Gasteiger partial charge in [-0.2, -0.15) is 18.2 Å². The molecule has 5 nitrogen and oxygen atoms in total. The van der Waals surface area contributed by atoms with Crippen molar-refractivity contribution in [2.45, 2.75) is 6.18 Å². The first kappa shape index (κ1) is 16.9. The number of hydrogen-bond donors (Lipinski definition) is 2. The van der Waals surface area contributed by atoms with E-state index in [9.17, 15) is 13.2 Å². The number of halogens is 3. The van der Waals surface area contributed by atoms with Crippen LogP contribution in [0.4, 0.5) is 30.5 Å². The Bertz CT molecular complexity index is 1100. The van der Waals surface area contributed by atoms with Crippen LogP contribution < -0.4 is 11.1 Å². The smallest absolute Gasteiger partial charge is 0.399 e. The molecule has 0 spiro atoms. The Morgan fingerprint density at radius 1 is 0.926 bits per heavy atom. The van der Waals surface area contributed by atoms with E-state index >= 15 is 0 Å². The van der Waals surface area contributed by atoms with Crippen molar-refractivity contribution in [3.05, 3.63) is 72.6 Å². The number of para-hydroxylation sites is 1. The monoisotopic (exact) mass is 369 g/mol. The molecule has 0 aliphatic heterocycles. The fourth-order valence-electron chi connectivity index (χ4n) is 2.80. The standard InChI is InChI=1S/C19H14F3N5/c20-19(21,22)12-9-13(23)11-14(10-12)24-18-25-16-6-2-1-5-15(16)17(26-18)27-7-3-4-8-27/h1-11H,23H2,(H,24,25,26). The normalized spacial score (nSPS) is 11.7. The van der Waals surface area contributed by atoms with Crippen molar-refractivity contribution in [2.24, 2.45) is 0 Å². The minimum atomic E-state index is -4.49. The van der Waals surface area contributed by atoms with Gasteiger partial charge in [-0.15, -0.1) is 0 Å². The van der Waals surface area contributed by atoms with Crippen LogP contribution in [0.25, 0.3) is 16.7 Å². The predicted molar refractivity (Wildman–Crippen MR) is 98.0 cm³/mol. The minimum Gasteiger partial charge on any atom is -0.399 e. The molecule has 0 bridgehead atoms. The first-order valence-electron chi connectivity index (χ1n) is 8.05. The van der Waals surface area contributed by atoms with Crippen LogP contribution in [-0.4, -0.2) is 14.5 Å². The van der Waals surface area contributed by atoms with E-state index < -0.39 is 11.7 Å². The van der Waals surface area contributed by atoms with E-state index in [-0.39, 0.29) is 17.3 Å². The van der Waals surface area contributed by atoms with E-state index in [0.29, 0.717) is 11.3 Å². The van der Waals surface area contributed by atoms with Crippen molar-refractivity contribution in [3.8, 4) is 5.82 Å². The highest BCUT2D eigenvalue weighted by molar-refractivity contribution is 5.86. The van der Waals surface area contributed by atoms with Crippen LogP contribution in [0.2, 0.25) is 0 Å². The molecular weight excluding hydrogens is 355 g/mol. The fourth-order valence-corrected chi connectivity index (χ4v) is 2.80. The van der Waals surface area contributed by atoms with Gasteiger partial charge in [0, 0.05) is 29.2 Å². The average Bonchev–Trinajstić information content (AvgIpc) is 3.14. The fraction of sp³-hybridized carbons (Fsp3) is 0.0526. The SMILES string of the molecule is Nc1cc(Nc2nc(-n3cccc3)c3ccccc3n2)cc(C(F)(F)F)c1. The van der Waals surface area contributed by atoms with Crippen LogP contribution in [-0.2, 0) is 6.18 Å². The molecule has 4 aromatic rings. The molecule has 8 heteroatoms. The van der Waals surface area contributed by atoms with Gasteiger partial charge < -0.3 is 15.6 Å². The molecule has 2 heterocycles. The van der Waals surface area contributed by atoms with E-state index in [4.69, 9.17) is 5.73 Å². The second-order valence-electron chi connectivity index (χ2n) is 5.94. The molecule has 0 saturated heterocycles. The Labute approximate surface area is 152 Å². The highest BCUT2D eigenvalue weighted by Gasteiger charge is 2.31. The van der Waals surface area contributed by atoms with Crippen LogP contribution in [0.15, 0.2) is 67.0 Å². The third kappa shape index (κ3) is 3.41. The number of anilines is 3.